The van der Waals surface area contributed by atoms with Crippen LogP contribution in [-0.4, -0.2) is 63.7 Å². The summed E-state index contributed by atoms with van der Waals surface area (Å²) in [6, 6.07) is 0. The SMILES string of the molecule is O.O.O.O.O.O.O=[N+]([O-])O.O=[N+]([O-])O.O=[N+]([O-])O.[Ce+3]. The first-order valence-electron chi connectivity index (χ1n) is 1.70. The number of hydrogen-bond donors (Lipinski definition) is 3. The van der Waals surface area contributed by atoms with Gasteiger partial charge >= 0.3 is 41.7 Å². The van der Waals surface area contributed by atoms with Crippen LogP contribution in [0.2, 0.25) is 0 Å². The van der Waals surface area contributed by atoms with E-state index in [0.29, 0.717) is 0 Å². The summed E-state index contributed by atoms with van der Waals surface area (Å²) in [6.07, 6.45) is 0. The maximum atomic E-state index is 8.36. The fourth-order valence-electron chi connectivity index (χ4n) is 0. The fourth-order valence-corrected chi connectivity index (χ4v) is 0. The first kappa shape index (κ1) is 83.0. The molecule has 0 fully saturated rings. The molecule has 19 heavy (non-hydrogen) atoms. The molecular weight excluding hydrogens is 422 g/mol. The first-order valence-corrected chi connectivity index (χ1v) is 1.70. The van der Waals surface area contributed by atoms with Crippen molar-refractivity contribution in [3.63, 3.8) is 0 Å². The normalized spacial score (nSPS) is 3.79. The van der Waals surface area contributed by atoms with Crippen LogP contribution in [0, 0.1) is 72.1 Å². The van der Waals surface area contributed by atoms with Gasteiger partial charge in [0.2, 0.25) is 0 Å². The minimum atomic E-state index is -1.50. The zero-order valence-corrected chi connectivity index (χ0v) is 11.8. The van der Waals surface area contributed by atoms with Crippen LogP contribution in [0.25, 0.3) is 0 Å². The van der Waals surface area contributed by atoms with Crippen molar-refractivity contribution in [2.75, 3.05) is 0 Å². The Morgan fingerprint density at radius 2 is 0.526 bits per heavy atom. The predicted molar refractivity (Wildman–Crippen MR) is 48.0 cm³/mol. The van der Waals surface area contributed by atoms with Gasteiger partial charge in [-0.15, -0.1) is 30.3 Å². The van der Waals surface area contributed by atoms with E-state index in [1.165, 1.54) is 0 Å². The molecule has 18 nitrogen and oxygen atoms in total. The summed E-state index contributed by atoms with van der Waals surface area (Å²) in [5, 5.41) is 40.9. The van der Waals surface area contributed by atoms with Crippen LogP contribution in [-0.2, 0) is 0 Å². The van der Waals surface area contributed by atoms with Gasteiger partial charge in [0.05, 0.1) is 0 Å². The van der Waals surface area contributed by atoms with Gasteiger partial charge in [0.15, 0.2) is 0 Å². The Kier molecular flexibility index (Phi) is 303. The van der Waals surface area contributed by atoms with Crippen LogP contribution in [0.15, 0.2) is 0 Å². The third-order valence-corrected chi connectivity index (χ3v) is 0. The summed E-state index contributed by atoms with van der Waals surface area (Å²) in [5.74, 6) is 0. The van der Waals surface area contributed by atoms with E-state index in [0.717, 1.165) is 0 Å². The second-order valence-corrected chi connectivity index (χ2v) is 0.714. The molecule has 0 saturated heterocycles. The molecule has 0 rings (SSSR count). The van der Waals surface area contributed by atoms with Gasteiger partial charge < -0.3 is 48.5 Å². The number of rotatable bonds is 0. The van der Waals surface area contributed by atoms with Gasteiger partial charge in [-0.1, -0.05) is 0 Å². The monoisotopic (exact) mass is 437 g/mol. The van der Waals surface area contributed by atoms with Gasteiger partial charge in [-0.25, -0.2) is 0 Å². The summed E-state index contributed by atoms with van der Waals surface area (Å²) < 4.78 is 0. The summed E-state index contributed by atoms with van der Waals surface area (Å²) in [6.45, 7) is 0. The molecule has 0 amide bonds. The molecule has 0 saturated carbocycles. The quantitative estimate of drug-likeness (QED) is 0.239. The minimum Gasteiger partial charge on any atom is -0.412 e. The Hall–Kier alpha value is -1.26. The number of nitrogens with zero attached hydrogens (tertiary/aromatic N) is 3. The van der Waals surface area contributed by atoms with E-state index in [4.69, 9.17) is 46.0 Å². The molecule has 0 heterocycles. The smallest absolute Gasteiger partial charge is 0.412 e. The fraction of sp³-hybridized carbons (Fsp3) is 0. The molecule has 19 heteroatoms. The molecule has 0 aromatic carbocycles. The van der Waals surface area contributed by atoms with Crippen molar-refractivity contribution in [2.45, 2.75) is 0 Å². The van der Waals surface area contributed by atoms with E-state index >= 15 is 0 Å². The van der Waals surface area contributed by atoms with E-state index in [2.05, 4.69) is 0 Å². The van der Waals surface area contributed by atoms with Crippen LogP contribution >= 0.6 is 0 Å². The van der Waals surface area contributed by atoms with E-state index in [1.54, 1.807) is 0 Å². The van der Waals surface area contributed by atoms with Crippen molar-refractivity contribution in [1.29, 1.82) is 0 Å². The Bertz CT molecular complexity index is 115. The average Bonchev–Trinajstić information content (AvgIpc) is 1.54. The van der Waals surface area contributed by atoms with Crippen LogP contribution in [0.1, 0.15) is 0 Å². The second-order valence-electron chi connectivity index (χ2n) is 0.714. The molecule has 0 aliphatic rings. The molecule has 0 aliphatic heterocycles. The van der Waals surface area contributed by atoms with E-state index in [-0.39, 0.29) is 74.6 Å². The first-order chi connectivity index (χ1) is 5.20. The molecule has 0 aromatic heterocycles. The molecule has 0 spiro atoms. The zero-order chi connectivity index (χ0) is 10.7. The molecule has 1 radical (unpaired) electrons. The Balaban J connectivity index is -0.00000000675. The summed E-state index contributed by atoms with van der Waals surface area (Å²) in [7, 11) is 0. The van der Waals surface area contributed by atoms with Gasteiger partial charge in [-0.05, 0) is 0 Å². The predicted octanol–water partition coefficient (Wildman–Crippen LogP) is -5.99. The van der Waals surface area contributed by atoms with Crippen LogP contribution < -0.4 is 0 Å². The van der Waals surface area contributed by atoms with Crippen LogP contribution in [0.5, 0.6) is 0 Å². The van der Waals surface area contributed by atoms with Gasteiger partial charge in [0.25, 0.3) is 15.3 Å². The molecule has 0 aromatic rings. The van der Waals surface area contributed by atoms with Crippen molar-refractivity contribution < 1.29 is 105 Å². The summed E-state index contributed by atoms with van der Waals surface area (Å²) in [4.78, 5) is 25.1. The van der Waals surface area contributed by atoms with Crippen LogP contribution in [0.3, 0.4) is 0 Å². The standard InChI is InChI=1S/Ce.3HNO3.6H2O/c;3*2-1(3)4;;;;;;/h;3*(H,2,3,4);6*1H2/q+3;;;;;;;;;. The molecule has 15 N–H and O–H groups in total. The third-order valence-electron chi connectivity index (χ3n) is 0. The van der Waals surface area contributed by atoms with Crippen molar-refractivity contribution in [1.82, 2.24) is 0 Å². The third kappa shape index (κ3) is 2280. The Labute approximate surface area is 135 Å². The van der Waals surface area contributed by atoms with Crippen molar-refractivity contribution in [3.8, 4) is 0 Å². The van der Waals surface area contributed by atoms with Crippen molar-refractivity contribution >= 4 is 0 Å². The Morgan fingerprint density at radius 1 is 0.526 bits per heavy atom. The van der Waals surface area contributed by atoms with E-state index < -0.39 is 15.3 Å². The molecule has 0 unspecified atom stereocenters. The topological polar surface area (TPSA) is 379 Å². The van der Waals surface area contributed by atoms with Gasteiger partial charge in [-0.2, -0.15) is 0 Å². The van der Waals surface area contributed by atoms with Gasteiger partial charge in [-0.3, -0.25) is 0 Å². The average molecular weight is 437 g/mol. The van der Waals surface area contributed by atoms with E-state index in [9.17, 15) is 0 Å². The number of hydrogen-bond acceptors (Lipinski definition) is 6. The molecule has 0 aliphatic carbocycles. The maximum Gasteiger partial charge on any atom is 3.00 e. The molecule has 0 bridgehead atoms. The molecular formula is H15CeN3O15+3. The van der Waals surface area contributed by atoms with Gasteiger partial charge in [0.1, 0.15) is 0 Å². The second kappa shape index (κ2) is 69.2. The van der Waals surface area contributed by atoms with E-state index in [1.807, 2.05) is 0 Å². The minimum absolute atomic E-state index is 0. The summed E-state index contributed by atoms with van der Waals surface area (Å²) in [5.41, 5.74) is 0. The van der Waals surface area contributed by atoms with Crippen molar-refractivity contribution in [3.05, 3.63) is 30.3 Å². The maximum absolute atomic E-state index is 8.36. The molecule has 0 atom stereocenters. The largest absolute Gasteiger partial charge is 3.00 e. The Morgan fingerprint density at radius 3 is 0.526 bits per heavy atom. The van der Waals surface area contributed by atoms with Gasteiger partial charge in [0, 0.05) is 0 Å². The van der Waals surface area contributed by atoms with Crippen LogP contribution in [0.4, 0.5) is 0 Å². The zero-order valence-electron chi connectivity index (χ0n) is 8.63. The molecule has 121 valence electrons. The van der Waals surface area contributed by atoms with Crippen molar-refractivity contribution in [2.24, 2.45) is 0 Å². The summed E-state index contributed by atoms with van der Waals surface area (Å²) >= 11 is 0.